The van der Waals surface area contributed by atoms with E-state index < -0.39 is 18.1 Å². The van der Waals surface area contributed by atoms with Gasteiger partial charge in [0.1, 0.15) is 6.07 Å². The van der Waals surface area contributed by atoms with Crippen molar-refractivity contribution in [3.8, 4) is 17.6 Å². The summed E-state index contributed by atoms with van der Waals surface area (Å²) in [6, 6.07) is 3.37. The molecule has 0 bridgehead atoms. The molecule has 0 N–H and O–H groups in total. The first-order chi connectivity index (χ1) is 8.82. The Balaban J connectivity index is 3.38. The van der Waals surface area contributed by atoms with Crippen LogP contribution >= 0.6 is 0 Å². The van der Waals surface area contributed by atoms with Gasteiger partial charge in [-0.2, -0.15) is 5.26 Å². The van der Waals surface area contributed by atoms with Gasteiger partial charge in [0.25, 0.3) is 0 Å². The van der Waals surface area contributed by atoms with Gasteiger partial charge in [-0.1, -0.05) is 0 Å². The van der Waals surface area contributed by atoms with E-state index in [1.54, 1.807) is 6.07 Å². The van der Waals surface area contributed by atoms with Gasteiger partial charge in [0.2, 0.25) is 0 Å². The van der Waals surface area contributed by atoms with Crippen LogP contribution in [0.3, 0.4) is 0 Å². The lowest BCUT2D eigenvalue weighted by Crippen LogP contribution is -2.18. The van der Waals surface area contributed by atoms with Crippen molar-refractivity contribution in [2.75, 3.05) is 14.2 Å². The third kappa shape index (κ3) is 3.51. The maximum atomic E-state index is 12.2. The number of halogens is 3. The third-order valence-corrected chi connectivity index (χ3v) is 2.06. The van der Waals surface area contributed by atoms with E-state index in [2.05, 4.69) is 14.2 Å². The molecule has 1 aromatic rings. The van der Waals surface area contributed by atoms with Crippen LogP contribution in [-0.4, -0.2) is 26.6 Å². The Labute approximate surface area is 106 Å². The molecular weight excluding hydrogens is 267 g/mol. The first kappa shape index (κ1) is 14.6. The summed E-state index contributed by atoms with van der Waals surface area (Å²) in [4.78, 5) is 11.4. The fourth-order valence-electron chi connectivity index (χ4n) is 1.30. The minimum atomic E-state index is -4.95. The van der Waals surface area contributed by atoms with Crippen LogP contribution in [0.15, 0.2) is 12.1 Å². The van der Waals surface area contributed by atoms with E-state index in [0.717, 1.165) is 26.4 Å². The molecule has 0 aliphatic carbocycles. The number of methoxy groups -OCH3 is 2. The highest BCUT2D eigenvalue weighted by Gasteiger charge is 2.33. The van der Waals surface area contributed by atoms with E-state index in [9.17, 15) is 18.0 Å². The van der Waals surface area contributed by atoms with Crippen LogP contribution in [0.5, 0.6) is 11.5 Å². The van der Waals surface area contributed by atoms with Crippen LogP contribution in [0.1, 0.15) is 15.9 Å². The standard InChI is InChI=1S/C11H8F3NO4/c1-17-8-3-6(5-15)7(10(16)18-2)4-9(8)19-11(12,13)14/h3-4H,1-2H3. The number of ether oxygens (including phenoxy) is 3. The molecule has 1 rings (SSSR count). The zero-order valence-electron chi connectivity index (χ0n) is 9.87. The van der Waals surface area contributed by atoms with Gasteiger partial charge in [0.15, 0.2) is 11.5 Å². The lowest BCUT2D eigenvalue weighted by molar-refractivity contribution is -0.275. The molecular formula is C11H8F3NO4. The van der Waals surface area contributed by atoms with Gasteiger partial charge >= 0.3 is 12.3 Å². The average molecular weight is 275 g/mol. The second kappa shape index (κ2) is 5.48. The zero-order chi connectivity index (χ0) is 14.6. The monoisotopic (exact) mass is 275 g/mol. The SMILES string of the molecule is COC(=O)c1cc(OC(F)(F)F)c(OC)cc1C#N. The van der Waals surface area contributed by atoms with Crippen LogP contribution in [0.4, 0.5) is 13.2 Å². The third-order valence-electron chi connectivity index (χ3n) is 2.06. The minimum absolute atomic E-state index is 0.182. The fourth-order valence-corrected chi connectivity index (χ4v) is 1.30. The molecule has 8 heteroatoms. The van der Waals surface area contributed by atoms with E-state index in [4.69, 9.17) is 5.26 Å². The summed E-state index contributed by atoms with van der Waals surface area (Å²) in [6.07, 6.45) is -4.95. The summed E-state index contributed by atoms with van der Waals surface area (Å²) < 4.78 is 49.3. The molecule has 0 aliphatic rings. The van der Waals surface area contributed by atoms with Crippen molar-refractivity contribution in [1.29, 1.82) is 5.26 Å². The number of carbonyl (C=O) groups is 1. The summed E-state index contributed by atoms with van der Waals surface area (Å²) in [7, 11) is 2.15. The van der Waals surface area contributed by atoms with Gasteiger partial charge in [-0.05, 0) is 0 Å². The van der Waals surface area contributed by atoms with Crippen LogP contribution in [-0.2, 0) is 4.74 Å². The molecule has 102 valence electrons. The molecule has 19 heavy (non-hydrogen) atoms. The van der Waals surface area contributed by atoms with Crippen molar-refractivity contribution in [3.63, 3.8) is 0 Å². The minimum Gasteiger partial charge on any atom is -0.493 e. The number of nitrogens with zero attached hydrogens (tertiary/aromatic N) is 1. The molecule has 0 aromatic heterocycles. The molecule has 0 spiro atoms. The number of hydrogen-bond acceptors (Lipinski definition) is 5. The molecule has 0 aliphatic heterocycles. The van der Waals surface area contributed by atoms with Gasteiger partial charge in [-0.3, -0.25) is 0 Å². The predicted octanol–water partition coefficient (Wildman–Crippen LogP) is 2.25. The van der Waals surface area contributed by atoms with Crippen LogP contribution in [0, 0.1) is 11.3 Å². The van der Waals surface area contributed by atoms with E-state index >= 15 is 0 Å². The van der Waals surface area contributed by atoms with Gasteiger partial charge in [0.05, 0.1) is 25.3 Å². The second-order valence-electron chi connectivity index (χ2n) is 3.20. The van der Waals surface area contributed by atoms with Gasteiger partial charge in [-0.15, -0.1) is 13.2 Å². The Bertz CT molecular complexity index is 534. The second-order valence-corrected chi connectivity index (χ2v) is 3.20. The molecule has 0 saturated heterocycles. The largest absolute Gasteiger partial charge is 0.573 e. The molecule has 0 unspecified atom stereocenters. The number of benzene rings is 1. The van der Waals surface area contributed by atoms with Gasteiger partial charge in [0, 0.05) is 12.1 Å². The molecule has 0 radical (unpaired) electrons. The predicted molar refractivity (Wildman–Crippen MR) is 55.7 cm³/mol. The molecule has 1 aromatic carbocycles. The van der Waals surface area contributed by atoms with Crippen LogP contribution in [0.2, 0.25) is 0 Å². The lowest BCUT2D eigenvalue weighted by Gasteiger charge is -2.14. The Morgan fingerprint density at radius 1 is 1.26 bits per heavy atom. The number of alkyl halides is 3. The summed E-state index contributed by atoms with van der Waals surface area (Å²) in [5, 5.41) is 8.83. The van der Waals surface area contributed by atoms with Crippen molar-refractivity contribution in [2.45, 2.75) is 6.36 Å². The van der Waals surface area contributed by atoms with Crippen molar-refractivity contribution >= 4 is 5.97 Å². The summed E-state index contributed by atoms with van der Waals surface area (Å²) in [5.41, 5.74) is -0.525. The number of nitriles is 1. The highest BCUT2D eigenvalue weighted by atomic mass is 19.4. The number of rotatable bonds is 3. The van der Waals surface area contributed by atoms with E-state index in [1.807, 2.05) is 0 Å². The Morgan fingerprint density at radius 2 is 1.89 bits per heavy atom. The van der Waals surface area contributed by atoms with Crippen molar-refractivity contribution < 1.29 is 32.2 Å². The van der Waals surface area contributed by atoms with E-state index in [0.29, 0.717) is 0 Å². The van der Waals surface area contributed by atoms with Crippen molar-refractivity contribution in [3.05, 3.63) is 23.3 Å². The normalized spacial score (nSPS) is 10.5. The highest BCUT2D eigenvalue weighted by Crippen LogP contribution is 2.34. The number of carbonyl (C=O) groups excluding carboxylic acids is 1. The van der Waals surface area contributed by atoms with E-state index in [1.165, 1.54) is 0 Å². The maximum Gasteiger partial charge on any atom is 0.573 e. The number of hydrogen-bond donors (Lipinski definition) is 0. The Hall–Kier alpha value is -2.43. The summed E-state index contributed by atoms with van der Waals surface area (Å²) >= 11 is 0. The van der Waals surface area contributed by atoms with Crippen molar-refractivity contribution in [2.24, 2.45) is 0 Å². The maximum absolute atomic E-state index is 12.2. The molecule has 0 heterocycles. The first-order valence-corrected chi connectivity index (χ1v) is 4.78. The summed E-state index contributed by atoms with van der Waals surface area (Å²) in [6.45, 7) is 0. The summed E-state index contributed by atoms with van der Waals surface area (Å²) in [5.74, 6) is -2.00. The Kier molecular flexibility index (Phi) is 4.22. The zero-order valence-corrected chi connectivity index (χ0v) is 9.87. The first-order valence-electron chi connectivity index (χ1n) is 4.78. The quantitative estimate of drug-likeness (QED) is 0.791. The van der Waals surface area contributed by atoms with E-state index in [-0.39, 0.29) is 16.9 Å². The van der Waals surface area contributed by atoms with Crippen molar-refractivity contribution in [1.82, 2.24) is 0 Å². The molecule has 0 amide bonds. The Morgan fingerprint density at radius 3 is 2.32 bits per heavy atom. The van der Waals surface area contributed by atoms with Crippen LogP contribution < -0.4 is 9.47 Å². The molecule has 0 saturated carbocycles. The topological polar surface area (TPSA) is 68.6 Å². The molecule has 0 atom stereocenters. The highest BCUT2D eigenvalue weighted by molar-refractivity contribution is 5.93. The molecule has 5 nitrogen and oxygen atoms in total. The lowest BCUT2D eigenvalue weighted by atomic mass is 10.1. The smallest absolute Gasteiger partial charge is 0.493 e. The average Bonchev–Trinajstić information content (AvgIpc) is 2.35. The van der Waals surface area contributed by atoms with Gasteiger partial charge < -0.3 is 14.2 Å². The fraction of sp³-hybridized carbons (Fsp3) is 0.273. The number of esters is 1. The van der Waals surface area contributed by atoms with Gasteiger partial charge in [-0.25, -0.2) is 4.79 Å². The van der Waals surface area contributed by atoms with Crippen LogP contribution in [0.25, 0.3) is 0 Å². The molecule has 0 fully saturated rings.